The summed E-state index contributed by atoms with van der Waals surface area (Å²) in [6, 6.07) is 13.8. The number of phenols is 1. The third kappa shape index (κ3) is 4.24. The van der Waals surface area contributed by atoms with E-state index in [0.717, 1.165) is 28.3 Å². The van der Waals surface area contributed by atoms with Crippen molar-refractivity contribution in [2.45, 2.75) is 32.7 Å². The molecule has 0 saturated carbocycles. The Kier molecular flexibility index (Phi) is 5.59. The predicted molar refractivity (Wildman–Crippen MR) is 118 cm³/mol. The molecule has 1 aliphatic rings. The molecule has 6 nitrogen and oxygen atoms in total. The van der Waals surface area contributed by atoms with Gasteiger partial charge in [-0.25, -0.2) is 14.8 Å². The Bertz CT molecular complexity index is 1070. The Labute approximate surface area is 180 Å². The smallest absolute Gasteiger partial charge is 0.322 e. The topological polar surface area (TPSA) is 78.4 Å². The molecule has 30 heavy (non-hydrogen) atoms. The number of halogens is 1. The van der Waals surface area contributed by atoms with Crippen molar-refractivity contribution in [1.29, 1.82) is 0 Å². The van der Waals surface area contributed by atoms with Gasteiger partial charge in [0.1, 0.15) is 11.6 Å². The molecule has 0 unspecified atom stereocenters. The first kappa shape index (κ1) is 20.2. The zero-order valence-corrected chi connectivity index (χ0v) is 17.6. The molecule has 0 atom stereocenters. The van der Waals surface area contributed by atoms with Gasteiger partial charge in [-0.2, -0.15) is 0 Å². The maximum Gasteiger partial charge on any atom is 0.322 e. The SMILES string of the molecule is CC(C)c1nc2c(c(-c3ccc(O)cc3)n1)CN(C(=O)Nc1ccc(Cl)cc1)CC2. The van der Waals surface area contributed by atoms with E-state index in [1.165, 1.54) is 0 Å². The lowest BCUT2D eigenvalue weighted by Crippen LogP contribution is -2.39. The van der Waals surface area contributed by atoms with Crippen molar-refractivity contribution in [3.8, 4) is 17.0 Å². The molecule has 2 aromatic carbocycles. The van der Waals surface area contributed by atoms with E-state index >= 15 is 0 Å². The number of anilines is 1. The minimum Gasteiger partial charge on any atom is -0.508 e. The Hall–Kier alpha value is -3.12. The minimum absolute atomic E-state index is 0.174. The highest BCUT2D eigenvalue weighted by atomic mass is 35.5. The van der Waals surface area contributed by atoms with Gasteiger partial charge >= 0.3 is 6.03 Å². The Morgan fingerprint density at radius 3 is 2.47 bits per heavy atom. The molecule has 3 aromatic rings. The van der Waals surface area contributed by atoms with Crippen molar-refractivity contribution in [2.24, 2.45) is 0 Å². The number of aromatic nitrogens is 2. The molecule has 0 spiro atoms. The molecule has 0 saturated heterocycles. The van der Waals surface area contributed by atoms with E-state index in [1.54, 1.807) is 41.3 Å². The molecule has 0 bridgehead atoms. The van der Waals surface area contributed by atoms with Crippen LogP contribution in [0.4, 0.5) is 10.5 Å². The lowest BCUT2D eigenvalue weighted by molar-refractivity contribution is 0.206. The fourth-order valence-corrected chi connectivity index (χ4v) is 3.58. The van der Waals surface area contributed by atoms with Gasteiger partial charge < -0.3 is 15.3 Å². The quantitative estimate of drug-likeness (QED) is 0.606. The molecule has 7 heteroatoms. The monoisotopic (exact) mass is 422 g/mol. The first-order valence-electron chi connectivity index (χ1n) is 9.91. The fourth-order valence-electron chi connectivity index (χ4n) is 3.46. The van der Waals surface area contributed by atoms with Crippen molar-refractivity contribution >= 4 is 23.3 Å². The highest BCUT2D eigenvalue weighted by molar-refractivity contribution is 6.30. The molecule has 0 fully saturated rings. The second-order valence-electron chi connectivity index (χ2n) is 7.67. The van der Waals surface area contributed by atoms with Gasteiger partial charge in [-0.15, -0.1) is 0 Å². The summed E-state index contributed by atoms with van der Waals surface area (Å²) in [5.74, 6) is 1.18. The van der Waals surface area contributed by atoms with Crippen LogP contribution in [0.5, 0.6) is 5.75 Å². The number of nitrogens with zero attached hydrogens (tertiary/aromatic N) is 3. The largest absolute Gasteiger partial charge is 0.508 e. The van der Waals surface area contributed by atoms with E-state index in [2.05, 4.69) is 19.2 Å². The number of benzene rings is 2. The maximum atomic E-state index is 12.8. The van der Waals surface area contributed by atoms with E-state index in [-0.39, 0.29) is 17.7 Å². The molecular weight excluding hydrogens is 400 g/mol. The second kappa shape index (κ2) is 8.32. The van der Waals surface area contributed by atoms with Gasteiger partial charge in [0.25, 0.3) is 0 Å². The van der Waals surface area contributed by atoms with Crippen molar-refractivity contribution in [3.63, 3.8) is 0 Å². The second-order valence-corrected chi connectivity index (χ2v) is 8.10. The standard InChI is InChI=1S/C23H23ClN4O2/c1-14(2)22-26-20-11-12-28(23(30)25-17-7-5-16(24)6-8-17)13-19(20)21(27-22)15-3-9-18(29)10-4-15/h3-10,14,29H,11-13H2,1-2H3,(H,25,30). The zero-order chi connectivity index (χ0) is 21.3. The maximum absolute atomic E-state index is 12.8. The van der Waals surface area contributed by atoms with Crippen LogP contribution in [-0.2, 0) is 13.0 Å². The molecule has 154 valence electrons. The molecule has 1 aromatic heterocycles. The molecule has 2 amide bonds. The number of fused-ring (bicyclic) bond motifs is 1. The molecule has 2 N–H and O–H groups in total. The molecular formula is C23H23ClN4O2. The van der Waals surface area contributed by atoms with Crippen LogP contribution < -0.4 is 5.32 Å². The highest BCUT2D eigenvalue weighted by Crippen LogP contribution is 2.31. The van der Waals surface area contributed by atoms with Crippen LogP contribution in [-0.4, -0.2) is 32.6 Å². The number of carbonyl (C=O) groups excluding carboxylic acids is 1. The number of amides is 2. The highest BCUT2D eigenvalue weighted by Gasteiger charge is 2.26. The van der Waals surface area contributed by atoms with Gasteiger partial charge in [0.2, 0.25) is 0 Å². The van der Waals surface area contributed by atoms with Crippen LogP contribution in [0.1, 0.15) is 36.8 Å². The van der Waals surface area contributed by atoms with Crippen LogP contribution >= 0.6 is 11.6 Å². The summed E-state index contributed by atoms with van der Waals surface area (Å²) in [4.78, 5) is 24.2. The molecule has 1 aliphatic heterocycles. The van der Waals surface area contributed by atoms with Crippen LogP contribution in [0.3, 0.4) is 0 Å². The van der Waals surface area contributed by atoms with E-state index in [0.29, 0.717) is 30.2 Å². The van der Waals surface area contributed by atoms with Gasteiger partial charge in [-0.1, -0.05) is 25.4 Å². The summed E-state index contributed by atoms with van der Waals surface area (Å²) in [7, 11) is 0. The minimum atomic E-state index is -0.174. The first-order chi connectivity index (χ1) is 14.4. The van der Waals surface area contributed by atoms with E-state index in [9.17, 15) is 9.90 Å². The normalized spacial score (nSPS) is 13.3. The van der Waals surface area contributed by atoms with Crippen molar-refractivity contribution in [2.75, 3.05) is 11.9 Å². The summed E-state index contributed by atoms with van der Waals surface area (Å²) < 4.78 is 0. The number of rotatable bonds is 3. The van der Waals surface area contributed by atoms with Gasteiger partial charge in [0, 0.05) is 40.7 Å². The average Bonchev–Trinajstić information content (AvgIpc) is 2.74. The number of hydrogen-bond donors (Lipinski definition) is 2. The zero-order valence-electron chi connectivity index (χ0n) is 16.9. The Morgan fingerprint density at radius 1 is 1.10 bits per heavy atom. The Balaban J connectivity index is 1.65. The van der Waals surface area contributed by atoms with Crippen LogP contribution in [0.2, 0.25) is 5.02 Å². The van der Waals surface area contributed by atoms with Gasteiger partial charge in [-0.05, 0) is 48.5 Å². The fraction of sp³-hybridized carbons (Fsp3) is 0.261. The lowest BCUT2D eigenvalue weighted by atomic mass is 9.98. The number of aromatic hydroxyl groups is 1. The summed E-state index contributed by atoms with van der Waals surface area (Å²) in [5, 5.41) is 13.2. The summed E-state index contributed by atoms with van der Waals surface area (Å²) in [6.45, 7) is 5.13. The summed E-state index contributed by atoms with van der Waals surface area (Å²) in [5.41, 5.74) is 4.33. The van der Waals surface area contributed by atoms with E-state index in [1.807, 2.05) is 12.1 Å². The third-order valence-electron chi connectivity index (χ3n) is 5.12. The first-order valence-corrected chi connectivity index (χ1v) is 10.3. The average molecular weight is 423 g/mol. The summed E-state index contributed by atoms with van der Waals surface area (Å²) in [6.07, 6.45) is 0.663. The van der Waals surface area contributed by atoms with E-state index in [4.69, 9.17) is 21.6 Å². The number of carbonyl (C=O) groups is 1. The molecule has 0 radical (unpaired) electrons. The number of urea groups is 1. The molecule has 0 aliphatic carbocycles. The van der Waals surface area contributed by atoms with Crippen LogP contribution in [0.15, 0.2) is 48.5 Å². The van der Waals surface area contributed by atoms with Gasteiger partial charge in [0.15, 0.2) is 0 Å². The number of hydrogen-bond acceptors (Lipinski definition) is 4. The van der Waals surface area contributed by atoms with Gasteiger partial charge in [-0.3, -0.25) is 0 Å². The lowest BCUT2D eigenvalue weighted by Gasteiger charge is -2.30. The predicted octanol–water partition coefficient (Wildman–Crippen LogP) is 5.22. The van der Waals surface area contributed by atoms with Crippen molar-refractivity contribution in [1.82, 2.24) is 14.9 Å². The molecule has 2 heterocycles. The van der Waals surface area contributed by atoms with Crippen LogP contribution in [0, 0.1) is 0 Å². The summed E-state index contributed by atoms with van der Waals surface area (Å²) >= 11 is 5.92. The third-order valence-corrected chi connectivity index (χ3v) is 5.37. The van der Waals surface area contributed by atoms with Crippen molar-refractivity contribution < 1.29 is 9.90 Å². The van der Waals surface area contributed by atoms with Gasteiger partial charge in [0.05, 0.1) is 17.9 Å². The molecule has 4 rings (SSSR count). The Morgan fingerprint density at radius 2 is 1.80 bits per heavy atom. The number of nitrogens with one attached hydrogen (secondary N) is 1. The van der Waals surface area contributed by atoms with Crippen molar-refractivity contribution in [3.05, 3.63) is 70.6 Å². The van der Waals surface area contributed by atoms with E-state index < -0.39 is 0 Å². The van der Waals surface area contributed by atoms with Crippen LogP contribution in [0.25, 0.3) is 11.3 Å². The number of phenolic OH excluding ortho intramolecular Hbond substituents is 1.